The van der Waals surface area contributed by atoms with E-state index in [1.165, 1.54) is 0 Å². The van der Waals surface area contributed by atoms with Crippen LogP contribution in [-0.2, 0) is 22.1 Å². The fraction of sp³-hybridized carbons (Fsp3) is 0.636. The molecule has 1 rings (SSSR count). The summed E-state index contributed by atoms with van der Waals surface area (Å²) in [6, 6.07) is 3.61. The molecule has 0 bridgehead atoms. The Kier molecular flexibility index (Phi) is 7.11. The van der Waals surface area contributed by atoms with E-state index in [4.69, 9.17) is 9.15 Å². The minimum absolute atomic E-state index is 0.253. The van der Waals surface area contributed by atoms with E-state index in [1.807, 2.05) is 6.07 Å². The molecule has 0 aliphatic carbocycles. The van der Waals surface area contributed by atoms with E-state index in [9.17, 15) is 9.32 Å². The molecule has 0 aliphatic heterocycles. The maximum atomic E-state index is 10.8. The fourth-order valence-corrected chi connectivity index (χ4v) is 1.67. The molecule has 98 valence electrons. The zero-order valence-electron chi connectivity index (χ0n) is 9.93. The van der Waals surface area contributed by atoms with Crippen LogP contribution >= 0.6 is 0 Å². The Hall–Kier alpha value is -0.690. The summed E-state index contributed by atoms with van der Waals surface area (Å²) < 4.78 is 21.1. The molecule has 1 aromatic rings. The second-order valence-corrected chi connectivity index (χ2v) is 5.28. The van der Waals surface area contributed by atoms with Crippen LogP contribution in [0.2, 0.25) is 0 Å². The van der Waals surface area contributed by atoms with Gasteiger partial charge in [-0.05, 0) is 12.1 Å². The highest BCUT2D eigenvalue weighted by Crippen LogP contribution is 2.01. The second kappa shape index (κ2) is 8.41. The van der Waals surface area contributed by atoms with E-state index in [-0.39, 0.29) is 6.61 Å². The van der Waals surface area contributed by atoms with Crippen molar-refractivity contribution in [3.05, 3.63) is 24.2 Å². The highest BCUT2D eigenvalue weighted by molar-refractivity contribution is 7.84. The molecular formula is C11H19NO4S. The van der Waals surface area contributed by atoms with Crippen molar-refractivity contribution in [3.63, 3.8) is 0 Å². The molecule has 0 fully saturated rings. The average Bonchev–Trinajstić information content (AvgIpc) is 2.77. The maximum Gasteiger partial charge on any atom is 0.129 e. The average molecular weight is 261 g/mol. The molecule has 0 saturated heterocycles. The molecular weight excluding hydrogens is 242 g/mol. The first-order valence-electron chi connectivity index (χ1n) is 5.47. The van der Waals surface area contributed by atoms with Gasteiger partial charge in [-0.25, -0.2) is 0 Å². The molecule has 6 heteroatoms. The van der Waals surface area contributed by atoms with Crippen LogP contribution in [0.5, 0.6) is 0 Å². The summed E-state index contributed by atoms with van der Waals surface area (Å²) in [4.78, 5) is 0. The molecule has 17 heavy (non-hydrogen) atoms. The molecule has 0 radical (unpaired) electrons. The van der Waals surface area contributed by atoms with Gasteiger partial charge in [-0.3, -0.25) is 4.21 Å². The first kappa shape index (κ1) is 14.4. The van der Waals surface area contributed by atoms with Crippen LogP contribution in [-0.4, -0.2) is 47.1 Å². The van der Waals surface area contributed by atoms with Crippen LogP contribution < -0.4 is 5.32 Å². The van der Waals surface area contributed by atoms with Gasteiger partial charge in [-0.1, -0.05) is 0 Å². The first-order valence-corrected chi connectivity index (χ1v) is 7.20. The van der Waals surface area contributed by atoms with Crippen molar-refractivity contribution >= 4 is 10.8 Å². The van der Waals surface area contributed by atoms with Crippen molar-refractivity contribution in [3.8, 4) is 0 Å². The number of aliphatic hydroxyl groups is 1. The molecule has 0 spiro atoms. The third-order valence-corrected chi connectivity index (χ3v) is 2.86. The van der Waals surface area contributed by atoms with Crippen molar-refractivity contribution in [2.45, 2.75) is 12.7 Å². The third-order valence-electron chi connectivity index (χ3n) is 2.08. The van der Waals surface area contributed by atoms with E-state index in [0.29, 0.717) is 25.4 Å². The van der Waals surface area contributed by atoms with E-state index in [1.54, 1.807) is 18.6 Å². The van der Waals surface area contributed by atoms with Crippen molar-refractivity contribution < 1.29 is 18.5 Å². The number of furan rings is 1. The van der Waals surface area contributed by atoms with Crippen molar-refractivity contribution in [1.29, 1.82) is 0 Å². The maximum absolute atomic E-state index is 10.8. The molecule has 1 heterocycles. The predicted molar refractivity (Wildman–Crippen MR) is 66.2 cm³/mol. The monoisotopic (exact) mass is 261 g/mol. The minimum atomic E-state index is -0.794. The Bertz CT molecular complexity index is 315. The van der Waals surface area contributed by atoms with Gasteiger partial charge in [-0.15, -0.1) is 0 Å². The van der Waals surface area contributed by atoms with Gasteiger partial charge in [0.05, 0.1) is 19.0 Å². The van der Waals surface area contributed by atoms with Crippen molar-refractivity contribution in [1.82, 2.24) is 5.32 Å². The Morgan fingerprint density at radius 1 is 1.65 bits per heavy atom. The lowest BCUT2D eigenvalue weighted by molar-refractivity contribution is 0.0229. The summed E-state index contributed by atoms with van der Waals surface area (Å²) in [6.07, 6.45) is 2.68. The number of nitrogens with one attached hydrogen (secondary N) is 1. The Morgan fingerprint density at radius 2 is 2.47 bits per heavy atom. The quantitative estimate of drug-likeness (QED) is 0.618. The number of aliphatic hydroxyl groups excluding tert-OH is 1. The van der Waals surface area contributed by atoms with E-state index in [0.717, 1.165) is 5.76 Å². The number of hydrogen-bond donors (Lipinski definition) is 2. The number of rotatable bonds is 9. The van der Waals surface area contributed by atoms with Gasteiger partial charge < -0.3 is 19.6 Å². The van der Waals surface area contributed by atoms with E-state index < -0.39 is 16.9 Å². The Balaban J connectivity index is 1.97. The number of hydrogen-bond acceptors (Lipinski definition) is 5. The molecule has 0 aliphatic rings. The van der Waals surface area contributed by atoms with Gasteiger partial charge in [0.2, 0.25) is 0 Å². The molecule has 2 N–H and O–H groups in total. The normalized spacial score (nSPS) is 14.7. The SMILES string of the molecule is CS(=O)CCNCC(O)COCc1ccco1. The fourth-order valence-electron chi connectivity index (χ4n) is 1.23. The zero-order valence-corrected chi connectivity index (χ0v) is 10.7. The van der Waals surface area contributed by atoms with Gasteiger partial charge >= 0.3 is 0 Å². The summed E-state index contributed by atoms with van der Waals surface area (Å²) in [6.45, 7) is 1.69. The number of ether oxygens (including phenoxy) is 1. The van der Waals surface area contributed by atoms with Gasteiger partial charge in [-0.2, -0.15) is 0 Å². The lowest BCUT2D eigenvalue weighted by atomic mass is 10.4. The van der Waals surface area contributed by atoms with Gasteiger partial charge in [0.25, 0.3) is 0 Å². The van der Waals surface area contributed by atoms with Crippen LogP contribution in [0.25, 0.3) is 0 Å². The summed E-state index contributed by atoms with van der Waals surface area (Å²) >= 11 is 0. The Morgan fingerprint density at radius 3 is 3.12 bits per heavy atom. The standard InChI is InChI=1S/C11H19NO4S/c1-17(14)6-4-12-7-10(13)8-15-9-11-3-2-5-16-11/h2-3,5,10,12-13H,4,6-9H2,1H3. The largest absolute Gasteiger partial charge is 0.467 e. The predicted octanol–water partition coefficient (Wildman–Crippen LogP) is 0.125. The van der Waals surface area contributed by atoms with Crippen LogP contribution in [0, 0.1) is 0 Å². The van der Waals surface area contributed by atoms with Gasteiger partial charge in [0.15, 0.2) is 0 Å². The van der Waals surface area contributed by atoms with Crippen molar-refractivity contribution in [2.24, 2.45) is 0 Å². The van der Waals surface area contributed by atoms with Crippen LogP contribution in [0.15, 0.2) is 22.8 Å². The van der Waals surface area contributed by atoms with Crippen molar-refractivity contribution in [2.75, 3.05) is 31.7 Å². The minimum Gasteiger partial charge on any atom is -0.467 e. The third kappa shape index (κ3) is 7.27. The lowest BCUT2D eigenvalue weighted by Gasteiger charge is -2.11. The molecule has 2 unspecified atom stereocenters. The smallest absolute Gasteiger partial charge is 0.129 e. The zero-order chi connectivity index (χ0) is 12.5. The second-order valence-electron chi connectivity index (χ2n) is 3.73. The van der Waals surface area contributed by atoms with E-state index in [2.05, 4.69) is 5.32 Å². The topological polar surface area (TPSA) is 71.7 Å². The highest BCUT2D eigenvalue weighted by Gasteiger charge is 2.04. The van der Waals surface area contributed by atoms with Crippen LogP contribution in [0.1, 0.15) is 5.76 Å². The van der Waals surface area contributed by atoms with Crippen LogP contribution in [0.4, 0.5) is 0 Å². The van der Waals surface area contributed by atoms with E-state index >= 15 is 0 Å². The molecule has 5 nitrogen and oxygen atoms in total. The first-order chi connectivity index (χ1) is 8.18. The molecule has 0 aromatic carbocycles. The summed E-state index contributed by atoms with van der Waals surface area (Å²) in [5.41, 5.74) is 0. The summed E-state index contributed by atoms with van der Waals surface area (Å²) in [7, 11) is -0.794. The van der Waals surface area contributed by atoms with Gasteiger partial charge in [0, 0.05) is 35.9 Å². The molecule has 2 atom stereocenters. The lowest BCUT2D eigenvalue weighted by Crippen LogP contribution is -2.32. The molecule has 1 aromatic heterocycles. The summed E-state index contributed by atoms with van der Waals surface area (Å²) in [5.74, 6) is 1.34. The molecule has 0 saturated carbocycles. The van der Waals surface area contributed by atoms with Crippen LogP contribution in [0.3, 0.4) is 0 Å². The van der Waals surface area contributed by atoms with Gasteiger partial charge in [0.1, 0.15) is 12.4 Å². The Labute approximate surface area is 104 Å². The highest BCUT2D eigenvalue weighted by atomic mass is 32.2. The molecule has 0 amide bonds. The summed E-state index contributed by atoms with van der Waals surface area (Å²) in [5, 5.41) is 12.6.